The smallest absolute Gasteiger partial charge is 0.154 e. The molecule has 0 saturated carbocycles. The Morgan fingerprint density at radius 2 is 1.92 bits per heavy atom. The molecule has 5 nitrogen and oxygen atoms in total. The molecule has 0 aromatic rings. The monoisotopic (exact) mass is 195 g/mol. The molecule has 0 rings (SSSR count). The highest BCUT2D eigenvalue weighted by molar-refractivity contribution is 5.64. The van der Waals surface area contributed by atoms with Crippen LogP contribution in [0.4, 0.5) is 0 Å². The minimum atomic E-state index is -2.76. The van der Waals surface area contributed by atoms with Gasteiger partial charge in [0.2, 0.25) is 0 Å². The zero-order chi connectivity index (χ0) is 13.0. The Hall–Kier alpha value is -0.490. The summed E-state index contributed by atoms with van der Waals surface area (Å²) in [5, 5.41) is 38.2. The molecule has 0 radical (unpaired) electrons. The third kappa shape index (κ3) is 1.88. The molecule has 5 heteroatoms. The molecule has 0 aliphatic rings. The van der Waals surface area contributed by atoms with Gasteiger partial charge in [0, 0.05) is 4.11 Å². The average molecular weight is 195 g/mol. The lowest BCUT2D eigenvalue weighted by Crippen LogP contribution is -2.66. The second-order valence-corrected chi connectivity index (χ2v) is 3.09. The maximum atomic E-state index is 10.7. The van der Waals surface area contributed by atoms with E-state index in [9.17, 15) is 20.1 Å². The minimum Gasteiger partial charge on any atom is -0.393 e. The Labute approximate surface area is 80.8 Å². The molecule has 4 N–H and O–H groups in total. The van der Waals surface area contributed by atoms with Crippen LogP contribution in [0, 0.1) is 0 Å². The molecule has 0 unspecified atom stereocenters. The summed E-state index contributed by atoms with van der Waals surface area (Å²) in [6.45, 7) is -4.05. The van der Waals surface area contributed by atoms with E-state index >= 15 is 0 Å². The average Bonchev–Trinajstić information content (AvgIpc) is 2.35. The van der Waals surface area contributed by atoms with Gasteiger partial charge in [-0.15, -0.1) is 0 Å². The van der Waals surface area contributed by atoms with Gasteiger partial charge < -0.3 is 25.2 Å². The van der Waals surface area contributed by atoms with Crippen LogP contribution in [0.15, 0.2) is 0 Å². The highest BCUT2D eigenvalue weighted by Crippen LogP contribution is 2.31. The Kier molecular flexibility index (Phi) is 2.02. The number of rotatable bonds is 4. The van der Waals surface area contributed by atoms with E-state index in [2.05, 4.69) is 0 Å². The third-order valence-corrected chi connectivity index (χ3v) is 1.94. The first kappa shape index (κ1) is 7.87. The van der Waals surface area contributed by atoms with Crippen molar-refractivity contribution in [1.82, 2.24) is 0 Å². The molecule has 0 aromatic heterocycles. The maximum absolute atomic E-state index is 10.7. The van der Waals surface area contributed by atoms with E-state index in [4.69, 9.17) is 9.22 Å². The fourth-order valence-corrected chi connectivity index (χ4v) is 0.631. The molecule has 0 aromatic carbocycles. The molecule has 0 spiro atoms. The molecule has 0 heterocycles. The molecule has 0 bridgehead atoms. The van der Waals surface area contributed by atoms with Crippen LogP contribution in [-0.2, 0) is 4.79 Å². The topological polar surface area (TPSA) is 98.0 Å². The second-order valence-electron chi connectivity index (χ2n) is 3.09. The number of aliphatic hydroxyl groups is 4. The van der Waals surface area contributed by atoms with Crippen LogP contribution in [0.25, 0.3) is 0 Å². The Morgan fingerprint density at radius 1 is 1.31 bits per heavy atom. The van der Waals surface area contributed by atoms with Crippen LogP contribution < -0.4 is 0 Å². The number of aldehydes is 1. The van der Waals surface area contributed by atoms with Gasteiger partial charge in [-0.2, -0.15) is 0 Å². The van der Waals surface area contributed by atoms with Crippen LogP contribution in [0.2, 0.25) is 0 Å². The van der Waals surface area contributed by atoms with Crippen LogP contribution in [0.3, 0.4) is 0 Å². The summed E-state index contributed by atoms with van der Waals surface area (Å²) in [6, 6.07) is 0. The van der Waals surface area contributed by atoms with Gasteiger partial charge in [0.25, 0.3) is 0 Å². The van der Waals surface area contributed by atoms with Crippen LogP contribution in [0.5, 0.6) is 0 Å². The van der Waals surface area contributed by atoms with E-state index < -0.39 is 44.1 Å². The van der Waals surface area contributed by atoms with E-state index in [0.29, 0.717) is 0 Å². The van der Waals surface area contributed by atoms with Crippen molar-refractivity contribution in [3.63, 3.8) is 0 Å². The highest BCUT2D eigenvalue weighted by atomic mass is 16.4. The maximum Gasteiger partial charge on any atom is 0.154 e. The van der Waals surface area contributed by atoms with Gasteiger partial charge >= 0.3 is 0 Å². The lowest BCUT2D eigenvalue weighted by atomic mass is 9.75. The third-order valence-electron chi connectivity index (χ3n) is 1.94. The van der Waals surface area contributed by atoms with E-state index in [1.807, 2.05) is 0 Å². The predicted octanol–water partition coefficient (Wildman–Crippen LogP) is -1.57. The van der Waals surface area contributed by atoms with Gasteiger partial charge in [-0.3, -0.25) is 0 Å². The fraction of sp³-hybridized carbons (Fsp3) is 0.875. The van der Waals surface area contributed by atoms with Crippen molar-refractivity contribution in [3.8, 4) is 0 Å². The predicted molar refractivity (Wildman–Crippen MR) is 45.0 cm³/mol. The van der Waals surface area contributed by atoms with Gasteiger partial charge in [0.1, 0.15) is 16.8 Å². The zero-order valence-electron chi connectivity index (χ0n) is 10.1. The van der Waals surface area contributed by atoms with Gasteiger partial charge in [0.05, 0.1) is 6.61 Å². The SMILES string of the molecule is [2H]C[C@@](O)(CO)[C@@](O)(C[2H])[C@@](O)(C=O)C[2H]. The molecule has 0 aliphatic heterocycles. The van der Waals surface area contributed by atoms with E-state index in [0.717, 1.165) is 0 Å². The first-order valence-corrected chi connectivity index (χ1v) is 3.43. The molecular formula is C8H16O5. The largest absolute Gasteiger partial charge is 0.393 e. The molecule has 0 aliphatic carbocycles. The number of hydrogen-bond donors (Lipinski definition) is 4. The van der Waals surface area contributed by atoms with Gasteiger partial charge in [-0.25, -0.2) is 0 Å². The molecule has 3 atom stereocenters. The van der Waals surface area contributed by atoms with Crippen LogP contribution in [-0.4, -0.2) is 50.1 Å². The summed E-state index contributed by atoms with van der Waals surface area (Å²) < 4.78 is 21.0. The van der Waals surface area contributed by atoms with Crippen LogP contribution >= 0.6 is 0 Å². The van der Waals surface area contributed by atoms with Gasteiger partial charge in [-0.05, 0) is 20.7 Å². The Morgan fingerprint density at radius 3 is 2.15 bits per heavy atom. The summed E-state index contributed by atoms with van der Waals surface area (Å²) in [7, 11) is 0. The standard InChI is InChI=1S/C8H16O5/c1-6(11,4-9)8(3,13)7(2,12)5-10/h4,10-13H,5H2,1-3H3/t6-,7+,8+/m0/s1/i1D,2D,3D. The summed E-state index contributed by atoms with van der Waals surface area (Å²) in [6.07, 6.45) is -0.162. The van der Waals surface area contributed by atoms with Gasteiger partial charge in [0.15, 0.2) is 6.29 Å². The molecule has 0 amide bonds. The normalized spacial score (nSPS) is 28.5. The first-order valence-electron chi connectivity index (χ1n) is 5.55. The molecule has 0 saturated heterocycles. The Balaban J connectivity index is 5.57. The summed E-state index contributed by atoms with van der Waals surface area (Å²) in [5.41, 5.74) is -8.00. The second kappa shape index (κ2) is 3.34. The summed E-state index contributed by atoms with van der Waals surface area (Å²) in [5.74, 6) is 0. The van der Waals surface area contributed by atoms with E-state index in [1.165, 1.54) is 0 Å². The first-order chi connectivity index (χ1) is 7.30. The van der Waals surface area contributed by atoms with E-state index in [-0.39, 0.29) is 6.29 Å². The quantitative estimate of drug-likeness (QED) is 0.406. The van der Waals surface area contributed by atoms with Crippen molar-refractivity contribution in [2.75, 3.05) is 6.61 Å². The lowest BCUT2D eigenvalue weighted by Gasteiger charge is -2.43. The summed E-state index contributed by atoms with van der Waals surface area (Å²) >= 11 is 0. The molecular weight excluding hydrogens is 176 g/mol. The zero-order valence-corrected chi connectivity index (χ0v) is 7.10. The van der Waals surface area contributed by atoms with Crippen molar-refractivity contribution < 1.29 is 29.3 Å². The molecule has 13 heavy (non-hydrogen) atoms. The number of hydrogen-bond acceptors (Lipinski definition) is 5. The van der Waals surface area contributed by atoms with Crippen molar-refractivity contribution in [2.45, 2.75) is 37.5 Å². The van der Waals surface area contributed by atoms with Gasteiger partial charge in [-0.1, -0.05) is 0 Å². The van der Waals surface area contributed by atoms with Crippen molar-refractivity contribution in [3.05, 3.63) is 0 Å². The van der Waals surface area contributed by atoms with Crippen molar-refractivity contribution in [1.29, 1.82) is 0 Å². The minimum absolute atomic E-state index is 0.162. The fourth-order valence-electron chi connectivity index (χ4n) is 0.631. The summed E-state index contributed by atoms with van der Waals surface area (Å²) in [4.78, 5) is 10.7. The van der Waals surface area contributed by atoms with E-state index in [1.54, 1.807) is 0 Å². The molecule has 0 fully saturated rings. The molecule has 78 valence electrons. The van der Waals surface area contributed by atoms with Crippen molar-refractivity contribution >= 4 is 6.29 Å². The number of aliphatic hydroxyl groups excluding tert-OH is 1. The number of carbonyl (C=O) groups is 1. The lowest BCUT2D eigenvalue weighted by molar-refractivity contribution is -0.225. The highest BCUT2D eigenvalue weighted by Gasteiger charge is 2.54. The number of carbonyl (C=O) groups excluding carboxylic acids is 1. The van der Waals surface area contributed by atoms with Crippen molar-refractivity contribution in [2.24, 2.45) is 0 Å². The van der Waals surface area contributed by atoms with Crippen LogP contribution in [0.1, 0.15) is 24.8 Å². The Bertz CT molecular complexity index is 248.